The van der Waals surface area contributed by atoms with Gasteiger partial charge in [0.05, 0.1) is 15.6 Å². The van der Waals surface area contributed by atoms with Gasteiger partial charge in [-0.05, 0) is 56.5 Å². The fourth-order valence-electron chi connectivity index (χ4n) is 4.16. The van der Waals surface area contributed by atoms with Crippen molar-refractivity contribution in [3.05, 3.63) is 64.5 Å². The number of ether oxygens (including phenoxy) is 2. The minimum absolute atomic E-state index is 0.100. The van der Waals surface area contributed by atoms with Crippen molar-refractivity contribution in [3.8, 4) is 17.0 Å². The molecule has 170 valence electrons. The van der Waals surface area contributed by atoms with Gasteiger partial charge in [-0.25, -0.2) is 9.67 Å². The maximum Gasteiger partial charge on any atom is 0.150 e. The molecule has 5 rings (SSSR count). The molecular formula is C24H23Cl2N5O2. The largest absolute Gasteiger partial charge is 0.486 e. The van der Waals surface area contributed by atoms with Crippen molar-refractivity contribution in [1.82, 2.24) is 19.7 Å². The molecule has 4 aromatic rings. The maximum atomic E-state index is 6.32. The summed E-state index contributed by atoms with van der Waals surface area (Å²) in [5, 5.41) is 6.79. The number of nitrogens with two attached hydrogens (primary N) is 1. The molecule has 0 aliphatic carbocycles. The first-order chi connectivity index (χ1) is 16.0. The molecule has 33 heavy (non-hydrogen) atoms. The Bertz CT molecular complexity index is 1270. The molecule has 9 heteroatoms. The Labute approximate surface area is 201 Å². The number of halogens is 2. The van der Waals surface area contributed by atoms with Gasteiger partial charge in [0.15, 0.2) is 6.23 Å². The van der Waals surface area contributed by atoms with Crippen molar-refractivity contribution in [2.75, 3.05) is 12.3 Å². The molecule has 1 saturated heterocycles. The summed E-state index contributed by atoms with van der Waals surface area (Å²) in [5.74, 6) is 1.13. The molecule has 0 saturated carbocycles. The summed E-state index contributed by atoms with van der Waals surface area (Å²) >= 11 is 12.6. The topological polar surface area (TPSA) is 88.1 Å². The van der Waals surface area contributed by atoms with Crippen molar-refractivity contribution in [2.24, 2.45) is 0 Å². The average Bonchev–Trinajstić information content (AvgIpc) is 3.19. The third-order valence-electron chi connectivity index (χ3n) is 5.78. The van der Waals surface area contributed by atoms with Gasteiger partial charge in [0, 0.05) is 41.7 Å². The molecule has 0 spiro atoms. The summed E-state index contributed by atoms with van der Waals surface area (Å²) in [7, 11) is 0. The predicted octanol–water partition coefficient (Wildman–Crippen LogP) is 6.22. The number of nitrogen functional groups attached to an aromatic ring is 1. The van der Waals surface area contributed by atoms with E-state index < -0.39 is 0 Å². The summed E-state index contributed by atoms with van der Waals surface area (Å²) in [6, 6.07) is 9.60. The molecule has 0 radical (unpaired) electrons. The number of anilines is 1. The Kier molecular flexibility index (Phi) is 6.10. The molecule has 0 amide bonds. The standard InChI is InChI=1S/C24H23Cl2N5O2/c1-14(23-18(25)12-28-13-19(23)26)33-16-6-7-20-17(10-16)24(15-5-8-21(27)29-11-15)30-31(20)22-4-2-3-9-32-22/h5-8,10-14,22H,2-4,9H2,1H3,(H2,27,29). The molecule has 0 bridgehead atoms. The van der Waals surface area contributed by atoms with Gasteiger partial charge >= 0.3 is 0 Å². The first-order valence-corrected chi connectivity index (χ1v) is 11.6. The summed E-state index contributed by atoms with van der Waals surface area (Å²) < 4.78 is 14.2. The molecule has 1 aromatic carbocycles. The number of pyridine rings is 2. The highest BCUT2D eigenvalue weighted by Gasteiger charge is 2.23. The lowest BCUT2D eigenvalue weighted by molar-refractivity contribution is -0.0365. The van der Waals surface area contributed by atoms with E-state index in [0.29, 0.717) is 27.2 Å². The second-order valence-corrected chi connectivity index (χ2v) is 8.86. The van der Waals surface area contributed by atoms with Crippen molar-refractivity contribution >= 4 is 39.9 Å². The lowest BCUT2D eigenvalue weighted by Gasteiger charge is -2.23. The first kappa shape index (κ1) is 21.9. The highest BCUT2D eigenvalue weighted by atomic mass is 35.5. The molecule has 2 unspecified atom stereocenters. The van der Waals surface area contributed by atoms with Crippen LogP contribution in [0.15, 0.2) is 48.9 Å². The van der Waals surface area contributed by atoms with Crippen LogP contribution in [0.1, 0.15) is 44.1 Å². The number of benzene rings is 1. The summed E-state index contributed by atoms with van der Waals surface area (Å²) in [6.45, 7) is 2.64. The van der Waals surface area contributed by atoms with Gasteiger partial charge in [0.1, 0.15) is 23.4 Å². The smallest absolute Gasteiger partial charge is 0.150 e. The highest BCUT2D eigenvalue weighted by Crippen LogP contribution is 2.37. The Morgan fingerprint density at radius 3 is 2.64 bits per heavy atom. The van der Waals surface area contributed by atoms with E-state index in [4.69, 9.17) is 43.5 Å². The van der Waals surface area contributed by atoms with Crippen LogP contribution < -0.4 is 10.5 Å². The highest BCUT2D eigenvalue weighted by molar-refractivity contribution is 6.35. The Hall–Kier alpha value is -2.87. The Morgan fingerprint density at radius 2 is 1.94 bits per heavy atom. The van der Waals surface area contributed by atoms with Crippen LogP contribution in [0.4, 0.5) is 5.82 Å². The van der Waals surface area contributed by atoms with Crippen LogP contribution in [-0.4, -0.2) is 26.4 Å². The average molecular weight is 484 g/mol. The zero-order chi connectivity index (χ0) is 22.9. The number of hydrogen-bond acceptors (Lipinski definition) is 6. The van der Waals surface area contributed by atoms with Crippen molar-refractivity contribution in [2.45, 2.75) is 38.5 Å². The van der Waals surface area contributed by atoms with Gasteiger partial charge in [-0.2, -0.15) is 5.10 Å². The van der Waals surface area contributed by atoms with Gasteiger partial charge in [-0.15, -0.1) is 0 Å². The van der Waals surface area contributed by atoms with Crippen LogP contribution in [0, 0.1) is 0 Å². The first-order valence-electron chi connectivity index (χ1n) is 10.8. The Morgan fingerprint density at radius 1 is 1.12 bits per heavy atom. The van der Waals surface area contributed by atoms with E-state index in [9.17, 15) is 0 Å². The molecule has 4 heterocycles. The number of aromatic nitrogens is 4. The minimum Gasteiger partial charge on any atom is -0.486 e. The third-order valence-corrected chi connectivity index (χ3v) is 6.38. The molecule has 2 N–H and O–H groups in total. The quantitative estimate of drug-likeness (QED) is 0.362. The normalized spacial score (nSPS) is 17.2. The van der Waals surface area contributed by atoms with Crippen LogP contribution >= 0.6 is 23.2 Å². The second-order valence-electron chi connectivity index (χ2n) is 8.04. The van der Waals surface area contributed by atoms with Gasteiger partial charge in [0.25, 0.3) is 0 Å². The van der Waals surface area contributed by atoms with E-state index in [1.54, 1.807) is 24.7 Å². The molecule has 2 atom stereocenters. The lowest BCUT2D eigenvalue weighted by Crippen LogP contribution is -2.19. The van der Waals surface area contributed by atoms with Crippen LogP contribution in [0.2, 0.25) is 10.0 Å². The summed E-state index contributed by atoms with van der Waals surface area (Å²) in [6.07, 6.45) is 7.48. The van der Waals surface area contributed by atoms with Crippen LogP contribution in [0.5, 0.6) is 5.75 Å². The van der Waals surface area contributed by atoms with Crippen molar-refractivity contribution in [3.63, 3.8) is 0 Å². The van der Waals surface area contributed by atoms with Crippen LogP contribution in [-0.2, 0) is 4.74 Å². The van der Waals surface area contributed by atoms with Gasteiger partial charge in [0.2, 0.25) is 0 Å². The summed E-state index contributed by atoms with van der Waals surface area (Å²) in [4.78, 5) is 8.26. The number of hydrogen-bond donors (Lipinski definition) is 1. The van der Waals surface area contributed by atoms with Crippen LogP contribution in [0.25, 0.3) is 22.2 Å². The van der Waals surface area contributed by atoms with E-state index >= 15 is 0 Å². The Balaban J connectivity index is 1.57. The third kappa shape index (κ3) is 4.36. The van der Waals surface area contributed by atoms with E-state index in [1.807, 2.05) is 35.9 Å². The predicted molar refractivity (Wildman–Crippen MR) is 130 cm³/mol. The van der Waals surface area contributed by atoms with E-state index in [-0.39, 0.29) is 12.3 Å². The number of rotatable bonds is 5. The molecule has 1 aliphatic rings. The summed E-state index contributed by atoms with van der Waals surface area (Å²) in [5.41, 5.74) is 9.12. The zero-order valence-corrected chi connectivity index (χ0v) is 19.6. The molecule has 3 aromatic heterocycles. The van der Waals surface area contributed by atoms with Crippen molar-refractivity contribution < 1.29 is 9.47 Å². The monoisotopic (exact) mass is 483 g/mol. The molecular weight excluding hydrogens is 461 g/mol. The van der Waals surface area contributed by atoms with Gasteiger partial charge < -0.3 is 15.2 Å². The fourth-order valence-corrected chi connectivity index (χ4v) is 4.83. The maximum absolute atomic E-state index is 6.32. The van der Waals surface area contributed by atoms with E-state index in [2.05, 4.69) is 9.97 Å². The molecule has 1 fully saturated rings. The molecule has 1 aliphatic heterocycles. The number of fused-ring (bicyclic) bond motifs is 1. The number of nitrogens with zero attached hydrogens (tertiary/aromatic N) is 4. The van der Waals surface area contributed by atoms with E-state index in [1.165, 1.54) is 0 Å². The zero-order valence-electron chi connectivity index (χ0n) is 18.0. The fraction of sp³-hybridized carbons (Fsp3) is 0.292. The van der Waals surface area contributed by atoms with Crippen molar-refractivity contribution in [1.29, 1.82) is 0 Å². The SMILES string of the molecule is CC(Oc1ccc2c(c1)c(-c1ccc(N)nc1)nn2C1CCCCO1)c1c(Cl)cncc1Cl. The minimum atomic E-state index is -0.371. The molecule has 7 nitrogen and oxygen atoms in total. The van der Waals surface area contributed by atoms with Crippen LogP contribution in [0.3, 0.4) is 0 Å². The lowest BCUT2D eigenvalue weighted by atomic mass is 10.1. The second kappa shape index (κ2) is 9.17. The van der Waals surface area contributed by atoms with Gasteiger partial charge in [-0.1, -0.05) is 23.2 Å². The van der Waals surface area contributed by atoms with E-state index in [0.717, 1.165) is 48.0 Å². The van der Waals surface area contributed by atoms with Gasteiger partial charge in [-0.3, -0.25) is 4.98 Å².